The van der Waals surface area contributed by atoms with Crippen molar-refractivity contribution in [3.63, 3.8) is 0 Å². The molecule has 0 fully saturated rings. The number of nitrogens with zero attached hydrogens (tertiary/aromatic N) is 1. The lowest BCUT2D eigenvalue weighted by atomic mass is 10.3. The summed E-state index contributed by atoms with van der Waals surface area (Å²) >= 11 is 0. The van der Waals surface area contributed by atoms with Crippen LogP contribution in [0.4, 0.5) is 8.78 Å². The van der Waals surface area contributed by atoms with Crippen molar-refractivity contribution in [2.45, 2.75) is 32.5 Å². The number of hydrogen-bond donors (Lipinski definition) is 2. The quantitative estimate of drug-likeness (QED) is 0.753. The molecule has 1 atom stereocenters. The van der Waals surface area contributed by atoms with E-state index >= 15 is 0 Å². The summed E-state index contributed by atoms with van der Waals surface area (Å²) in [5.74, 6) is 0. The van der Waals surface area contributed by atoms with Gasteiger partial charge in [-0.25, -0.2) is 8.78 Å². The monoisotopic (exact) mass is 218 g/mol. The van der Waals surface area contributed by atoms with Gasteiger partial charge in [0.25, 0.3) is 6.43 Å². The smallest absolute Gasteiger partial charge is 0.265 e. The van der Waals surface area contributed by atoms with Crippen molar-refractivity contribution in [1.82, 2.24) is 9.88 Å². The van der Waals surface area contributed by atoms with Gasteiger partial charge in [0.1, 0.15) is 6.10 Å². The van der Waals surface area contributed by atoms with E-state index < -0.39 is 12.5 Å². The summed E-state index contributed by atoms with van der Waals surface area (Å²) in [5.41, 5.74) is 1.03. The van der Waals surface area contributed by atoms with Crippen LogP contribution in [0, 0.1) is 0 Å². The zero-order valence-corrected chi connectivity index (χ0v) is 8.66. The highest BCUT2D eigenvalue weighted by atomic mass is 19.3. The molecule has 0 radical (unpaired) electrons. The summed E-state index contributed by atoms with van der Waals surface area (Å²) in [5, 5.41) is 11.7. The SMILES string of the molecule is CCn1cccc1CNCC(O)C(F)F. The van der Waals surface area contributed by atoms with E-state index in [1.54, 1.807) is 0 Å². The van der Waals surface area contributed by atoms with Crippen LogP contribution in [-0.4, -0.2) is 28.7 Å². The standard InChI is InChI=1S/C10H16F2N2O/c1-2-14-5-3-4-8(14)6-13-7-9(15)10(11)12/h3-5,9-10,13,15H,2,6-7H2,1H3. The first-order chi connectivity index (χ1) is 7.15. The maximum atomic E-state index is 11.9. The number of rotatable bonds is 6. The molecular formula is C10H16F2N2O. The van der Waals surface area contributed by atoms with Crippen molar-refractivity contribution < 1.29 is 13.9 Å². The van der Waals surface area contributed by atoms with Crippen LogP contribution in [0.1, 0.15) is 12.6 Å². The molecule has 2 N–H and O–H groups in total. The first-order valence-corrected chi connectivity index (χ1v) is 4.96. The summed E-state index contributed by atoms with van der Waals surface area (Å²) < 4.78 is 25.9. The van der Waals surface area contributed by atoms with Gasteiger partial charge in [0.05, 0.1) is 0 Å². The molecular weight excluding hydrogens is 202 g/mol. The van der Waals surface area contributed by atoms with Crippen molar-refractivity contribution in [3.8, 4) is 0 Å². The maximum Gasteiger partial charge on any atom is 0.265 e. The summed E-state index contributed by atoms with van der Waals surface area (Å²) in [7, 11) is 0. The third-order valence-corrected chi connectivity index (χ3v) is 2.21. The Morgan fingerprint density at radius 2 is 2.27 bits per heavy atom. The molecule has 0 amide bonds. The zero-order valence-electron chi connectivity index (χ0n) is 8.66. The van der Waals surface area contributed by atoms with E-state index in [9.17, 15) is 8.78 Å². The molecule has 0 aromatic carbocycles. The molecule has 0 aliphatic heterocycles. The average Bonchev–Trinajstić information content (AvgIpc) is 2.65. The number of halogens is 2. The number of alkyl halides is 2. The fraction of sp³-hybridized carbons (Fsp3) is 0.600. The molecule has 0 saturated carbocycles. The van der Waals surface area contributed by atoms with Crippen molar-refractivity contribution >= 4 is 0 Å². The van der Waals surface area contributed by atoms with Crippen LogP contribution in [0.2, 0.25) is 0 Å². The average molecular weight is 218 g/mol. The van der Waals surface area contributed by atoms with Gasteiger partial charge in [0.15, 0.2) is 0 Å². The molecule has 1 aromatic rings. The Morgan fingerprint density at radius 1 is 1.53 bits per heavy atom. The molecule has 1 unspecified atom stereocenters. The van der Waals surface area contributed by atoms with E-state index in [0.29, 0.717) is 6.54 Å². The van der Waals surface area contributed by atoms with Crippen LogP contribution in [0.3, 0.4) is 0 Å². The van der Waals surface area contributed by atoms with Crippen LogP contribution >= 0.6 is 0 Å². The van der Waals surface area contributed by atoms with Gasteiger partial charge in [-0.15, -0.1) is 0 Å². The van der Waals surface area contributed by atoms with Crippen molar-refractivity contribution in [3.05, 3.63) is 24.0 Å². The molecule has 1 aromatic heterocycles. The maximum absolute atomic E-state index is 11.9. The minimum atomic E-state index is -2.68. The van der Waals surface area contributed by atoms with Crippen molar-refractivity contribution in [1.29, 1.82) is 0 Å². The fourth-order valence-electron chi connectivity index (χ4n) is 1.36. The molecule has 0 aliphatic rings. The molecule has 86 valence electrons. The first-order valence-electron chi connectivity index (χ1n) is 4.96. The summed E-state index contributed by atoms with van der Waals surface area (Å²) in [6.45, 7) is 3.26. The van der Waals surface area contributed by atoms with Crippen molar-refractivity contribution in [2.24, 2.45) is 0 Å². The molecule has 15 heavy (non-hydrogen) atoms. The molecule has 0 aliphatic carbocycles. The number of aromatic nitrogens is 1. The van der Waals surface area contributed by atoms with E-state index in [2.05, 4.69) is 5.32 Å². The molecule has 1 heterocycles. The van der Waals surface area contributed by atoms with Gasteiger partial charge < -0.3 is 15.0 Å². The van der Waals surface area contributed by atoms with Gasteiger partial charge in [-0.1, -0.05) is 0 Å². The van der Waals surface area contributed by atoms with Gasteiger partial charge in [0, 0.05) is 31.5 Å². The second kappa shape index (κ2) is 5.82. The normalized spacial score (nSPS) is 13.4. The Kier molecular flexibility index (Phi) is 4.71. The number of hydrogen-bond acceptors (Lipinski definition) is 2. The van der Waals surface area contributed by atoms with Gasteiger partial charge in [-0.2, -0.15) is 0 Å². The molecule has 3 nitrogen and oxygen atoms in total. The molecule has 0 spiro atoms. The minimum Gasteiger partial charge on any atom is -0.386 e. The minimum absolute atomic E-state index is 0.0907. The van der Waals surface area contributed by atoms with E-state index in [0.717, 1.165) is 12.2 Å². The second-order valence-electron chi connectivity index (χ2n) is 3.32. The fourth-order valence-corrected chi connectivity index (χ4v) is 1.36. The number of nitrogens with one attached hydrogen (secondary N) is 1. The Bertz CT molecular complexity index is 289. The van der Waals surface area contributed by atoms with Crippen molar-refractivity contribution in [2.75, 3.05) is 6.54 Å². The van der Waals surface area contributed by atoms with Crippen LogP contribution in [0.25, 0.3) is 0 Å². The lowest BCUT2D eigenvalue weighted by Crippen LogP contribution is -2.32. The van der Waals surface area contributed by atoms with Gasteiger partial charge in [-0.3, -0.25) is 0 Å². The lowest BCUT2D eigenvalue weighted by Gasteiger charge is -2.11. The van der Waals surface area contributed by atoms with E-state index in [4.69, 9.17) is 5.11 Å². The highest BCUT2D eigenvalue weighted by molar-refractivity contribution is 5.06. The lowest BCUT2D eigenvalue weighted by molar-refractivity contribution is -0.00347. The second-order valence-corrected chi connectivity index (χ2v) is 3.32. The summed E-state index contributed by atoms with van der Waals surface area (Å²) in [6.07, 6.45) is -2.34. The summed E-state index contributed by atoms with van der Waals surface area (Å²) in [6, 6.07) is 3.83. The zero-order chi connectivity index (χ0) is 11.3. The van der Waals surface area contributed by atoms with Crippen LogP contribution in [0.5, 0.6) is 0 Å². The van der Waals surface area contributed by atoms with Crippen LogP contribution in [-0.2, 0) is 13.1 Å². The Labute approximate surface area is 87.7 Å². The number of aryl methyl sites for hydroxylation is 1. The predicted molar refractivity (Wildman–Crippen MR) is 53.8 cm³/mol. The first kappa shape index (κ1) is 12.1. The highest BCUT2D eigenvalue weighted by Gasteiger charge is 2.15. The molecule has 5 heteroatoms. The van der Waals surface area contributed by atoms with Gasteiger partial charge >= 0.3 is 0 Å². The van der Waals surface area contributed by atoms with Crippen LogP contribution < -0.4 is 5.32 Å². The third-order valence-electron chi connectivity index (χ3n) is 2.21. The summed E-state index contributed by atoms with van der Waals surface area (Å²) in [4.78, 5) is 0. The number of aliphatic hydroxyl groups is 1. The largest absolute Gasteiger partial charge is 0.386 e. The number of aliphatic hydroxyl groups excluding tert-OH is 1. The molecule has 0 saturated heterocycles. The van der Waals surface area contributed by atoms with E-state index in [1.807, 2.05) is 29.8 Å². The Balaban J connectivity index is 2.31. The third kappa shape index (κ3) is 3.60. The topological polar surface area (TPSA) is 37.2 Å². The Morgan fingerprint density at radius 3 is 2.87 bits per heavy atom. The van der Waals surface area contributed by atoms with Gasteiger partial charge in [0.2, 0.25) is 0 Å². The van der Waals surface area contributed by atoms with E-state index in [1.165, 1.54) is 0 Å². The van der Waals surface area contributed by atoms with Crippen LogP contribution in [0.15, 0.2) is 18.3 Å². The molecule has 1 rings (SSSR count). The van der Waals surface area contributed by atoms with E-state index in [-0.39, 0.29) is 6.54 Å². The highest BCUT2D eigenvalue weighted by Crippen LogP contribution is 2.03. The molecule has 0 bridgehead atoms. The Hall–Kier alpha value is -0.940. The predicted octanol–water partition coefficient (Wildman–Crippen LogP) is 1.22. The van der Waals surface area contributed by atoms with Gasteiger partial charge in [-0.05, 0) is 19.1 Å².